The number of primary amides is 1. The minimum absolute atomic E-state index is 0. The number of amides is 2. The maximum absolute atomic E-state index is 10.4. The van der Waals surface area contributed by atoms with Gasteiger partial charge in [-0.25, -0.2) is 4.79 Å². The highest BCUT2D eigenvalue weighted by Crippen LogP contribution is 2.14. The maximum Gasteiger partial charge on any atom is 0.312 e. The molecule has 1 aromatic rings. The fourth-order valence-corrected chi connectivity index (χ4v) is 1.25. The summed E-state index contributed by atoms with van der Waals surface area (Å²) in [5, 5.41) is 2.51. The van der Waals surface area contributed by atoms with Crippen LogP contribution in [-0.2, 0) is 6.54 Å². The molecule has 0 aliphatic rings. The van der Waals surface area contributed by atoms with Gasteiger partial charge >= 0.3 is 6.03 Å². The molecule has 0 saturated heterocycles. The number of hydrogen-bond acceptors (Lipinski definition) is 1. The Morgan fingerprint density at radius 2 is 2.08 bits per heavy atom. The van der Waals surface area contributed by atoms with Crippen LogP contribution >= 0.6 is 15.9 Å². The number of urea groups is 1. The van der Waals surface area contributed by atoms with Crippen LogP contribution in [0.1, 0.15) is 13.0 Å². The first kappa shape index (κ1) is 12.0. The highest BCUT2D eigenvalue weighted by molar-refractivity contribution is 9.10. The second-order valence-electron chi connectivity index (χ2n) is 2.31. The lowest BCUT2D eigenvalue weighted by atomic mass is 10.2. The summed E-state index contributed by atoms with van der Waals surface area (Å²) in [6, 6.07) is 7.14. The van der Waals surface area contributed by atoms with Crippen LogP contribution < -0.4 is 11.1 Å². The lowest BCUT2D eigenvalue weighted by molar-refractivity contribution is 0.248. The van der Waals surface area contributed by atoms with E-state index in [0.29, 0.717) is 6.54 Å². The van der Waals surface area contributed by atoms with E-state index in [4.69, 9.17) is 5.73 Å². The number of hydrogen-bond donors (Lipinski definition) is 2. The van der Waals surface area contributed by atoms with Crippen molar-refractivity contribution in [2.45, 2.75) is 14.0 Å². The Morgan fingerprint density at radius 1 is 1.46 bits per heavy atom. The molecule has 0 aliphatic heterocycles. The first-order chi connectivity index (χ1) is 5.70. The van der Waals surface area contributed by atoms with Crippen LogP contribution in [0, 0.1) is 0 Å². The predicted octanol–water partition coefficient (Wildman–Crippen LogP) is 2.25. The summed E-state index contributed by atoms with van der Waals surface area (Å²) in [6.45, 7) is 0.455. The fourth-order valence-electron chi connectivity index (χ4n) is 0.824. The van der Waals surface area contributed by atoms with Crippen LogP contribution in [0.4, 0.5) is 4.79 Å². The first-order valence-electron chi connectivity index (χ1n) is 3.47. The Hall–Kier alpha value is -1.03. The molecule has 0 aromatic heterocycles. The van der Waals surface area contributed by atoms with Crippen molar-refractivity contribution >= 4 is 22.0 Å². The van der Waals surface area contributed by atoms with Crippen LogP contribution in [0.25, 0.3) is 0 Å². The van der Waals surface area contributed by atoms with Crippen molar-refractivity contribution in [3.05, 3.63) is 34.3 Å². The Kier molecular flexibility index (Phi) is 5.14. The molecule has 1 rings (SSSR count). The number of halogens is 1. The molecular weight excluding hydrogens is 232 g/mol. The molecule has 3 nitrogen and oxygen atoms in total. The van der Waals surface area contributed by atoms with Crippen LogP contribution in [0.3, 0.4) is 0 Å². The summed E-state index contributed by atoms with van der Waals surface area (Å²) in [5.41, 5.74) is 5.94. The van der Waals surface area contributed by atoms with Crippen LogP contribution in [0.5, 0.6) is 0 Å². The topological polar surface area (TPSA) is 55.1 Å². The van der Waals surface area contributed by atoms with Crippen molar-refractivity contribution in [3.63, 3.8) is 0 Å². The SMILES string of the molecule is C.NC(=O)NCc1ccccc1Br. The van der Waals surface area contributed by atoms with Crippen LogP contribution in [0.2, 0.25) is 0 Å². The second-order valence-corrected chi connectivity index (χ2v) is 3.16. The van der Waals surface area contributed by atoms with E-state index in [2.05, 4.69) is 21.2 Å². The zero-order valence-electron chi connectivity index (χ0n) is 6.38. The van der Waals surface area contributed by atoms with Gasteiger partial charge in [-0.3, -0.25) is 0 Å². The van der Waals surface area contributed by atoms with Gasteiger partial charge in [0.25, 0.3) is 0 Å². The lowest BCUT2D eigenvalue weighted by Gasteiger charge is -2.03. The average molecular weight is 245 g/mol. The summed E-state index contributed by atoms with van der Waals surface area (Å²) in [6.07, 6.45) is 0. The van der Waals surface area contributed by atoms with Crippen molar-refractivity contribution in [2.75, 3.05) is 0 Å². The molecule has 0 fully saturated rings. The van der Waals surface area contributed by atoms with E-state index >= 15 is 0 Å². The molecule has 4 heteroatoms. The van der Waals surface area contributed by atoms with Gasteiger partial charge < -0.3 is 11.1 Å². The largest absolute Gasteiger partial charge is 0.352 e. The molecular formula is C9H13BrN2O. The lowest BCUT2D eigenvalue weighted by Crippen LogP contribution is -2.28. The minimum Gasteiger partial charge on any atom is -0.352 e. The summed E-state index contributed by atoms with van der Waals surface area (Å²) in [4.78, 5) is 10.4. The smallest absolute Gasteiger partial charge is 0.312 e. The number of nitrogens with two attached hydrogens (primary N) is 1. The number of carbonyl (C=O) groups is 1. The van der Waals surface area contributed by atoms with Gasteiger partial charge in [-0.05, 0) is 11.6 Å². The second kappa shape index (κ2) is 5.59. The van der Waals surface area contributed by atoms with E-state index in [9.17, 15) is 4.79 Å². The van der Waals surface area contributed by atoms with Crippen molar-refractivity contribution in [3.8, 4) is 0 Å². The maximum atomic E-state index is 10.4. The third-order valence-electron chi connectivity index (χ3n) is 1.41. The van der Waals surface area contributed by atoms with Crippen molar-refractivity contribution < 1.29 is 4.79 Å². The third kappa shape index (κ3) is 3.94. The molecule has 0 saturated carbocycles. The average Bonchev–Trinajstić information content (AvgIpc) is 2.03. The first-order valence-corrected chi connectivity index (χ1v) is 4.26. The number of carbonyl (C=O) groups excluding carboxylic acids is 1. The summed E-state index contributed by atoms with van der Waals surface area (Å²) >= 11 is 3.35. The fraction of sp³-hybridized carbons (Fsp3) is 0.222. The number of rotatable bonds is 2. The van der Waals surface area contributed by atoms with Crippen LogP contribution in [-0.4, -0.2) is 6.03 Å². The molecule has 3 N–H and O–H groups in total. The molecule has 0 aliphatic carbocycles. The van der Waals surface area contributed by atoms with Crippen molar-refractivity contribution in [1.29, 1.82) is 0 Å². The number of benzene rings is 1. The molecule has 1 aromatic carbocycles. The highest BCUT2D eigenvalue weighted by atomic mass is 79.9. The zero-order chi connectivity index (χ0) is 8.97. The standard InChI is InChI=1S/C8H9BrN2O.CH4/c9-7-4-2-1-3-6(7)5-11-8(10)12;/h1-4H,5H2,(H3,10,11,12);1H4. The molecule has 0 unspecified atom stereocenters. The van der Waals surface area contributed by atoms with Crippen LogP contribution in [0.15, 0.2) is 28.7 Å². The normalized spacial score (nSPS) is 8.69. The van der Waals surface area contributed by atoms with Gasteiger partial charge in [-0.2, -0.15) is 0 Å². The zero-order valence-corrected chi connectivity index (χ0v) is 7.97. The van der Waals surface area contributed by atoms with E-state index in [1.54, 1.807) is 0 Å². The Bertz CT molecular complexity index is 289. The van der Waals surface area contributed by atoms with Gasteiger partial charge in [0, 0.05) is 11.0 Å². The summed E-state index contributed by atoms with van der Waals surface area (Å²) in [7, 11) is 0. The van der Waals surface area contributed by atoms with E-state index < -0.39 is 6.03 Å². The molecule has 0 radical (unpaired) electrons. The minimum atomic E-state index is -0.509. The van der Waals surface area contributed by atoms with E-state index in [1.165, 1.54) is 0 Å². The summed E-state index contributed by atoms with van der Waals surface area (Å²) < 4.78 is 0.971. The highest BCUT2D eigenvalue weighted by Gasteiger charge is 1.98. The van der Waals surface area contributed by atoms with Crippen molar-refractivity contribution in [2.24, 2.45) is 5.73 Å². The molecule has 0 heterocycles. The molecule has 2 amide bonds. The van der Waals surface area contributed by atoms with Gasteiger partial charge in [0.2, 0.25) is 0 Å². The Morgan fingerprint density at radius 3 is 2.62 bits per heavy atom. The van der Waals surface area contributed by atoms with E-state index in [1.807, 2.05) is 24.3 Å². The third-order valence-corrected chi connectivity index (χ3v) is 2.18. The predicted molar refractivity (Wildman–Crippen MR) is 57.3 cm³/mol. The van der Waals surface area contributed by atoms with E-state index in [-0.39, 0.29) is 7.43 Å². The van der Waals surface area contributed by atoms with E-state index in [0.717, 1.165) is 10.0 Å². The van der Waals surface area contributed by atoms with Gasteiger partial charge in [-0.1, -0.05) is 41.6 Å². The number of nitrogens with one attached hydrogen (secondary N) is 1. The summed E-state index contributed by atoms with van der Waals surface area (Å²) in [5.74, 6) is 0. The molecule has 13 heavy (non-hydrogen) atoms. The van der Waals surface area contributed by atoms with Gasteiger partial charge in [0.05, 0.1) is 0 Å². The Balaban J connectivity index is 0.00000144. The molecule has 0 bridgehead atoms. The van der Waals surface area contributed by atoms with Gasteiger partial charge in [0.1, 0.15) is 0 Å². The quantitative estimate of drug-likeness (QED) is 0.824. The van der Waals surface area contributed by atoms with Gasteiger partial charge in [-0.15, -0.1) is 0 Å². The van der Waals surface area contributed by atoms with Gasteiger partial charge in [0.15, 0.2) is 0 Å². The molecule has 0 spiro atoms. The molecule has 0 atom stereocenters. The molecule has 72 valence electrons. The monoisotopic (exact) mass is 244 g/mol. The van der Waals surface area contributed by atoms with Crippen molar-refractivity contribution in [1.82, 2.24) is 5.32 Å². The Labute approximate surface area is 86.5 Å².